The average molecular weight is 429 g/mol. The van der Waals surface area contributed by atoms with E-state index in [1.165, 1.54) is 16.3 Å². The summed E-state index contributed by atoms with van der Waals surface area (Å²) >= 11 is 0. The number of ether oxygens (including phenoxy) is 2. The normalized spacial score (nSPS) is 11.7. The number of hydrogen-bond donors (Lipinski definition) is 0. The van der Waals surface area contributed by atoms with Gasteiger partial charge in [-0.3, -0.25) is 0 Å². The van der Waals surface area contributed by atoms with Crippen LogP contribution in [0.1, 0.15) is 25.0 Å². The Labute approximate surface area is 186 Å². The van der Waals surface area contributed by atoms with Gasteiger partial charge in [-0.05, 0) is 49.2 Å². The molecule has 4 nitrogen and oxygen atoms in total. The minimum atomic E-state index is -0.876. The lowest BCUT2D eigenvalue weighted by atomic mass is 9.97. The maximum absolute atomic E-state index is 5.71. The van der Waals surface area contributed by atoms with Gasteiger partial charge in [0, 0.05) is 12.4 Å². The quantitative estimate of drug-likeness (QED) is 0.379. The van der Waals surface area contributed by atoms with E-state index in [1.807, 2.05) is 26.4 Å². The molecule has 1 aromatic heterocycles. The standard InChI is InChI=1S/C26H28N2O2Si/c1-3-29-23-14-10-21(11-15-23)26(28-19-18-27-20-28,31-25-8-6-5-7-9-25)22-12-16-24(17-13-22)30-4-2/h5-20H,3-4,31H2,1-2H3. The Bertz CT molecular complexity index is 1010. The molecular formula is C26H28N2O2Si. The first-order valence-electron chi connectivity index (χ1n) is 10.8. The second-order valence-electron chi connectivity index (χ2n) is 7.41. The Morgan fingerprint density at radius 1 is 0.774 bits per heavy atom. The predicted octanol–water partition coefficient (Wildman–Crippen LogP) is 3.92. The van der Waals surface area contributed by atoms with Crippen LogP contribution in [0.3, 0.4) is 0 Å². The molecule has 3 aromatic carbocycles. The van der Waals surface area contributed by atoms with E-state index in [2.05, 4.69) is 94.6 Å². The van der Waals surface area contributed by atoms with Gasteiger partial charge in [-0.2, -0.15) is 0 Å². The van der Waals surface area contributed by atoms with Crippen molar-refractivity contribution in [2.24, 2.45) is 0 Å². The van der Waals surface area contributed by atoms with Crippen LogP contribution in [0, 0.1) is 0 Å². The Kier molecular flexibility index (Phi) is 6.53. The van der Waals surface area contributed by atoms with Gasteiger partial charge in [-0.15, -0.1) is 0 Å². The summed E-state index contributed by atoms with van der Waals surface area (Å²) in [6.07, 6.45) is 5.86. The molecule has 0 fully saturated rings. The molecule has 0 aliphatic heterocycles. The van der Waals surface area contributed by atoms with E-state index in [9.17, 15) is 0 Å². The van der Waals surface area contributed by atoms with Gasteiger partial charge in [0.25, 0.3) is 0 Å². The third-order valence-corrected chi connectivity index (χ3v) is 8.11. The molecule has 158 valence electrons. The summed E-state index contributed by atoms with van der Waals surface area (Å²) in [5.74, 6) is 1.78. The summed E-state index contributed by atoms with van der Waals surface area (Å²) in [5.41, 5.74) is 2.46. The van der Waals surface area contributed by atoms with Gasteiger partial charge in [0.1, 0.15) is 11.5 Å². The van der Waals surface area contributed by atoms with Crippen LogP contribution in [0.5, 0.6) is 11.5 Å². The number of benzene rings is 3. The zero-order chi connectivity index (χ0) is 21.5. The monoisotopic (exact) mass is 428 g/mol. The lowest BCUT2D eigenvalue weighted by Gasteiger charge is -2.37. The second kappa shape index (κ2) is 9.66. The molecule has 0 saturated carbocycles. The smallest absolute Gasteiger partial charge is 0.119 e. The van der Waals surface area contributed by atoms with Crippen molar-refractivity contribution in [3.63, 3.8) is 0 Å². The van der Waals surface area contributed by atoms with E-state index in [0.717, 1.165) is 11.5 Å². The first-order chi connectivity index (χ1) is 15.3. The minimum absolute atomic E-state index is 0.326. The zero-order valence-corrected chi connectivity index (χ0v) is 19.5. The number of rotatable bonds is 9. The Morgan fingerprint density at radius 3 is 1.77 bits per heavy atom. The van der Waals surface area contributed by atoms with Crippen molar-refractivity contribution in [3.8, 4) is 11.5 Å². The third kappa shape index (κ3) is 4.42. The van der Waals surface area contributed by atoms with Gasteiger partial charge >= 0.3 is 0 Å². The zero-order valence-electron chi connectivity index (χ0n) is 18.1. The van der Waals surface area contributed by atoms with Crippen molar-refractivity contribution in [1.29, 1.82) is 0 Å². The fourth-order valence-corrected chi connectivity index (χ4v) is 6.47. The summed E-state index contributed by atoms with van der Waals surface area (Å²) < 4.78 is 13.7. The van der Waals surface area contributed by atoms with Gasteiger partial charge < -0.3 is 14.0 Å². The SMILES string of the molecule is CCOc1ccc(C([SiH2]c2ccccc2)(c2ccc(OCC)cc2)n2ccnc2)cc1. The molecule has 0 radical (unpaired) electrons. The highest BCUT2D eigenvalue weighted by molar-refractivity contribution is 6.57. The first-order valence-corrected chi connectivity index (χ1v) is 12.2. The summed E-state index contributed by atoms with van der Waals surface area (Å²) in [6, 6.07) is 27.8. The van der Waals surface area contributed by atoms with E-state index >= 15 is 0 Å². The largest absolute Gasteiger partial charge is 0.494 e. The summed E-state index contributed by atoms with van der Waals surface area (Å²) in [5, 5.41) is 1.06. The first kappa shape index (κ1) is 20.9. The highest BCUT2D eigenvalue weighted by Crippen LogP contribution is 2.35. The second-order valence-corrected chi connectivity index (χ2v) is 9.60. The van der Waals surface area contributed by atoms with Crippen LogP contribution in [0.25, 0.3) is 0 Å². The van der Waals surface area contributed by atoms with Crippen LogP contribution in [0.15, 0.2) is 97.6 Å². The number of aromatic nitrogens is 2. The van der Waals surface area contributed by atoms with Crippen molar-refractivity contribution in [2.45, 2.75) is 19.0 Å². The molecule has 1 heterocycles. The van der Waals surface area contributed by atoms with Crippen LogP contribution in [-0.2, 0) is 5.16 Å². The summed E-state index contributed by atoms with van der Waals surface area (Å²) in [7, 11) is -0.876. The van der Waals surface area contributed by atoms with Gasteiger partial charge in [-0.25, -0.2) is 4.98 Å². The van der Waals surface area contributed by atoms with Crippen LogP contribution >= 0.6 is 0 Å². The number of hydrogen-bond acceptors (Lipinski definition) is 3. The molecule has 5 heteroatoms. The third-order valence-electron chi connectivity index (χ3n) is 5.53. The van der Waals surface area contributed by atoms with E-state index < -0.39 is 9.52 Å². The molecule has 0 N–H and O–H groups in total. The summed E-state index contributed by atoms with van der Waals surface area (Å²) in [4.78, 5) is 4.41. The van der Waals surface area contributed by atoms with Crippen molar-refractivity contribution in [3.05, 3.63) is 109 Å². The van der Waals surface area contributed by atoms with Crippen molar-refractivity contribution in [1.82, 2.24) is 9.55 Å². The van der Waals surface area contributed by atoms with E-state index in [4.69, 9.17) is 9.47 Å². The summed E-state index contributed by atoms with van der Waals surface area (Å²) in [6.45, 7) is 5.32. The fourth-order valence-electron chi connectivity index (χ4n) is 4.12. The molecular weight excluding hydrogens is 400 g/mol. The molecule has 4 rings (SSSR count). The average Bonchev–Trinajstić information content (AvgIpc) is 3.35. The maximum Gasteiger partial charge on any atom is 0.119 e. The van der Waals surface area contributed by atoms with Gasteiger partial charge in [0.15, 0.2) is 0 Å². The van der Waals surface area contributed by atoms with E-state index in [0.29, 0.717) is 13.2 Å². The Hall–Kier alpha value is -3.31. The maximum atomic E-state index is 5.71. The van der Waals surface area contributed by atoms with Crippen LogP contribution in [0.2, 0.25) is 0 Å². The molecule has 4 aromatic rings. The molecule has 31 heavy (non-hydrogen) atoms. The molecule has 0 unspecified atom stereocenters. The lowest BCUT2D eigenvalue weighted by molar-refractivity contribution is 0.340. The predicted molar refractivity (Wildman–Crippen MR) is 128 cm³/mol. The van der Waals surface area contributed by atoms with Crippen molar-refractivity contribution >= 4 is 14.7 Å². The molecule has 0 saturated heterocycles. The molecule has 0 bridgehead atoms. The van der Waals surface area contributed by atoms with Crippen LogP contribution in [0.4, 0.5) is 0 Å². The highest BCUT2D eigenvalue weighted by Gasteiger charge is 2.36. The van der Waals surface area contributed by atoms with Gasteiger partial charge in [0.2, 0.25) is 0 Å². The van der Waals surface area contributed by atoms with Crippen molar-refractivity contribution < 1.29 is 9.47 Å². The topological polar surface area (TPSA) is 36.3 Å². The lowest BCUT2D eigenvalue weighted by Crippen LogP contribution is -2.46. The highest BCUT2D eigenvalue weighted by atomic mass is 28.2. The Morgan fingerprint density at radius 2 is 1.32 bits per heavy atom. The number of imidazole rings is 1. The van der Waals surface area contributed by atoms with Gasteiger partial charge in [0.05, 0.1) is 34.2 Å². The molecule has 0 spiro atoms. The fraction of sp³-hybridized carbons (Fsp3) is 0.192. The van der Waals surface area contributed by atoms with Crippen LogP contribution in [-0.4, -0.2) is 32.3 Å². The number of nitrogens with zero attached hydrogens (tertiary/aromatic N) is 2. The Balaban J connectivity index is 1.90. The molecule has 0 atom stereocenters. The molecule has 0 aliphatic rings. The van der Waals surface area contributed by atoms with E-state index in [-0.39, 0.29) is 5.16 Å². The van der Waals surface area contributed by atoms with Crippen LogP contribution < -0.4 is 14.7 Å². The minimum Gasteiger partial charge on any atom is -0.494 e. The molecule has 0 aliphatic carbocycles. The molecule has 0 amide bonds. The van der Waals surface area contributed by atoms with E-state index in [1.54, 1.807) is 0 Å². The van der Waals surface area contributed by atoms with Gasteiger partial charge in [-0.1, -0.05) is 59.8 Å². The van der Waals surface area contributed by atoms with Crippen molar-refractivity contribution in [2.75, 3.05) is 13.2 Å².